The van der Waals surface area contributed by atoms with E-state index in [1.165, 1.54) is 13.8 Å². The SMILES string of the molecule is CC(C)(Oc1cccc(CCCN2CCOc3cc(OS(C)(=O)=O)ccc32)c1)C(=O)[O-]. The van der Waals surface area contributed by atoms with Crippen molar-refractivity contribution >= 4 is 21.8 Å². The second kappa shape index (κ2) is 9.05. The first-order chi connectivity index (χ1) is 14.5. The van der Waals surface area contributed by atoms with Crippen molar-refractivity contribution < 1.29 is 32.0 Å². The van der Waals surface area contributed by atoms with Crippen LogP contribution in [0.5, 0.6) is 17.2 Å². The van der Waals surface area contributed by atoms with Gasteiger partial charge in [-0.2, -0.15) is 8.42 Å². The van der Waals surface area contributed by atoms with Crippen molar-refractivity contribution in [1.29, 1.82) is 0 Å². The molecule has 1 aliphatic heterocycles. The predicted molar refractivity (Wildman–Crippen MR) is 114 cm³/mol. The highest BCUT2D eigenvalue weighted by atomic mass is 32.2. The highest BCUT2D eigenvalue weighted by molar-refractivity contribution is 7.86. The van der Waals surface area contributed by atoms with Crippen molar-refractivity contribution in [2.45, 2.75) is 32.3 Å². The lowest BCUT2D eigenvalue weighted by Crippen LogP contribution is -2.47. The van der Waals surface area contributed by atoms with Crippen LogP contribution in [0.1, 0.15) is 25.8 Å². The van der Waals surface area contributed by atoms with Crippen LogP contribution in [-0.2, 0) is 21.3 Å². The number of anilines is 1. The molecule has 0 atom stereocenters. The molecule has 1 heterocycles. The van der Waals surface area contributed by atoms with Crippen molar-refractivity contribution in [3.8, 4) is 17.2 Å². The molecular weight excluding hydrogens is 422 g/mol. The van der Waals surface area contributed by atoms with Crippen LogP contribution in [0.3, 0.4) is 0 Å². The lowest BCUT2D eigenvalue weighted by molar-refractivity contribution is -0.320. The fraction of sp³-hybridized carbons (Fsp3) is 0.409. The second-order valence-electron chi connectivity index (χ2n) is 7.90. The first-order valence-corrected chi connectivity index (χ1v) is 11.8. The smallest absolute Gasteiger partial charge is 0.306 e. The first-order valence-electron chi connectivity index (χ1n) is 9.94. The van der Waals surface area contributed by atoms with Gasteiger partial charge in [0, 0.05) is 12.6 Å². The maximum atomic E-state index is 11.3. The molecule has 0 radical (unpaired) electrons. The van der Waals surface area contributed by atoms with Gasteiger partial charge in [0.15, 0.2) is 0 Å². The Morgan fingerprint density at radius 1 is 1.19 bits per heavy atom. The largest absolute Gasteiger partial charge is 0.546 e. The second-order valence-corrected chi connectivity index (χ2v) is 9.48. The minimum Gasteiger partial charge on any atom is -0.546 e. The van der Waals surface area contributed by atoms with Gasteiger partial charge in [0.05, 0.1) is 24.5 Å². The number of hydrogen-bond donors (Lipinski definition) is 0. The van der Waals surface area contributed by atoms with Crippen LogP contribution < -0.4 is 23.7 Å². The first kappa shape index (κ1) is 22.7. The van der Waals surface area contributed by atoms with Crippen LogP contribution in [0.25, 0.3) is 0 Å². The van der Waals surface area contributed by atoms with Crippen LogP contribution in [0, 0.1) is 0 Å². The van der Waals surface area contributed by atoms with E-state index >= 15 is 0 Å². The molecule has 0 N–H and O–H groups in total. The van der Waals surface area contributed by atoms with Crippen molar-refractivity contribution in [1.82, 2.24) is 0 Å². The van der Waals surface area contributed by atoms with Crippen molar-refractivity contribution in [2.24, 2.45) is 0 Å². The van der Waals surface area contributed by atoms with Crippen LogP contribution in [-0.4, -0.2) is 45.9 Å². The van der Waals surface area contributed by atoms with Crippen molar-refractivity contribution in [3.05, 3.63) is 48.0 Å². The molecule has 0 bridgehead atoms. The minimum absolute atomic E-state index is 0.222. The van der Waals surface area contributed by atoms with Crippen LogP contribution in [0.2, 0.25) is 0 Å². The van der Waals surface area contributed by atoms with Gasteiger partial charge in [0.25, 0.3) is 0 Å². The van der Waals surface area contributed by atoms with Gasteiger partial charge in [-0.05, 0) is 56.5 Å². The molecule has 9 heteroatoms. The standard InChI is InChI=1S/C22H27NO7S/c1-22(2,21(24)25)29-17-8-4-6-16(14-17)7-5-11-23-12-13-28-20-15-18(9-10-19(20)23)30-31(3,26)27/h4,6,8-10,14-15H,5,7,11-13H2,1-3H3,(H,24,25)/p-1. The van der Waals surface area contributed by atoms with E-state index in [0.717, 1.165) is 43.4 Å². The highest BCUT2D eigenvalue weighted by Crippen LogP contribution is 2.35. The summed E-state index contributed by atoms with van der Waals surface area (Å²) in [6, 6.07) is 12.4. The monoisotopic (exact) mass is 448 g/mol. The number of carbonyl (C=O) groups excluding carboxylic acids is 1. The molecule has 2 aromatic carbocycles. The lowest BCUT2D eigenvalue weighted by Gasteiger charge is -2.31. The summed E-state index contributed by atoms with van der Waals surface area (Å²) < 4.78 is 38.8. The molecule has 0 saturated heterocycles. The molecule has 0 aromatic heterocycles. The molecule has 8 nitrogen and oxygen atoms in total. The molecular formula is C22H26NO7S-. The molecule has 0 fully saturated rings. The van der Waals surface area contributed by atoms with E-state index in [1.54, 1.807) is 24.3 Å². The fourth-order valence-corrected chi connectivity index (χ4v) is 3.74. The molecule has 3 rings (SSSR count). The number of rotatable bonds is 9. The Kier molecular flexibility index (Phi) is 6.64. The molecule has 0 aliphatic carbocycles. The van der Waals surface area contributed by atoms with Crippen molar-refractivity contribution in [3.63, 3.8) is 0 Å². The van der Waals surface area contributed by atoms with E-state index in [4.69, 9.17) is 13.7 Å². The van der Waals surface area contributed by atoms with Crippen molar-refractivity contribution in [2.75, 3.05) is 30.9 Å². The van der Waals surface area contributed by atoms with E-state index in [2.05, 4.69) is 4.90 Å². The number of aliphatic carboxylic acids is 1. The van der Waals surface area contributed by atoms with Gasteiger partial charge in [0.1, 0.15) is 29.5 Å². The number of carbonyl (C=O) groups is 1. The minimum atomic E-state index is -3.60. The predicted octanol–water partition coefficient (Wildman–Crippen LogP) is 1.76. The normalized spacial score (nSPS) is 13.8. The van der Waals surface area contributed by atoms with Crippen LogP contribution in [0.4, 0.5) is 5.69 Å². The quantitative estimate of drug-likeness (QED) is 0.535. The zero-order valence-electron chi connectivity index (χ0n) is 17.8. The van der Waals surface area contributed by atoms with Gasteiger partial charge in [-0.1, -0.05) is 12.1 Å². The Hall–Kier alpha value is -2.94. The Balaban J connectivity index is 1.61. The van der Waals surface area contributed by atoms with Gasteiger partial charge in [-0.15, -0.1) is 0 Å². The maximum absolute atomic E-state index is 11.3. The summed E-state index contributed by atoms with van der Waals surface area (Å²) in [5, 5.41) is 11.2. The fourth-order valence-electron chi connectivity index (χ4n) is 3.29. The highest BCUT2D eigenvalue weighted by Gasteiger charge is 2.22. The Labute approximate surface area is 182 Å². The summed E-state index contributed by atoms with van der Waals surface area (Å²) in [6.07, 6.45) is 2.64. The summed E-state index contributed by atoms with van der Waals surface area (Å²) in [7, 11) is -3.60. The number of carboxylic acids is 1. The van der Waals surface area contributed by atoms with E-state index in [0.29, 0.717) is 18.1 Å². The van der Waals surface area contributed by atoms with Crippen LogP contribution in [0.15, 0.2) is 42.5 Å². The molecule has 2 aromatic rings. The summed E-state index contributed by atoms with van der Waals surface area (Å²) in [6.45, 7) is 4.91. The Bertz CT molecular complexity index is 1050. The van der Waals surface area contributed by atoms with Gasteiger partial charge in [-0.3, -0.25) is 0 Å². The summed E-state index contributed by atoms with van der Waals surface area (Å²) in [5.41, 5.74) is 0.521. The molecule has 0 saturated carbocycles. The third-order valence-electron chi connectivity index (χ3n) is 4.79. The Morgan fingerprint density at radius 3 is 2.68 bits per heavy atom. The van der Waals surface area contributed by atoms with Crippen LogP contribution >= 0.6 is 0 Å². The average molecular weight is 449 g/mol. The number of fused-ring (bicyclic) bond motifs is 1. The van der Waals surface area contributed by atoms with E-state index in [9.17, 15) is 18.3 Å². The molecule has 168 valence electrons. The molecule has 31 heavy (non-hydrogen) atoms. The number of ether oxygens (including phenoxy) is 2. The zero-order valence-corrected chi connectivity index (χ0v) is 18.6. The van der Waals surface area contributed by atoms with E-state index in [-0.39, 0.29) is 5.75 Å². The summed E-state index contributed by atoms with van der Waals surface area (Å²) in [5.74, 6) is 0.0301. The van der Waals surface area contributed by atoms with Gasteiger partial charge >= 0.3 is 10.1 Å². The summed E-state index contributed by atoms with van der Waals surface area (Å²) >= 11 is 0. The third kappa shape index (κ3) is 6.27. The van der Waals surface area contributed by atoms with E-state index in [1.807, 2.05) is 18.2 Å². The number of benzene rings is 2. The number of aryl methyl sites for hydroxylation is 1. The van der Waals surface area contributed by atoms with Gasteiger partial charge in [0.2, 0.25) is 0 Å². The van der Waals surface area contributed by atoms with E-state index < -0.39 is 21.7 Å². The zero-order chi connectivity index (χ0) is 22.6. The maximum Gasteiger partial charge on any atom is 0.306 e. The third-order valence-corrected chi connectivity index (χ3v) is 5.29. The van der Waals surface area contributed by atoms with Gasteiger partial charge < -0.3 is 28.5 Å². The summed E-state index contributed by atoms with van der Waals surface area (Å²) in [4.78, 5) is 13.3. The molecule has 1 aliphatic rings. The van der Waals surface area contributed by atoms with Gasteiger partial charge in [-0.25, -0.2) is 0 Å². The lowest BCUT2D eigenvalue weighted by atomic mass is 10.1. The molecule has 0 unspecified atom stereocenters. The number of nitrogens with zero attached hydrogens (tertiary/aromatic N) is 1. The number of carboxylic acid groups (broad SMARTS) is 1. The molecule has 0 spiro atoms. The molecule has 0 amide bonds. The average Bonchev–Trinajstić information content (AvgIpc) is 2.66. The number of hydrogen-bond acceptors (Lipinski definition) is 8. The topological polar surface area (TPSA) is 105 Å². The Morgan fingerprint density at radius 2 is 1.97 bits per heavy atom.